The van der Waals surface area contributed by atoms with Crippen LogP contribution in [0.3, 0.4) is 0 Å². The Hall–Kier alpha value is -4.19. The summed E-state index contributed by atoms with van der Waals surface area (Å²) in [6.45, 7) is 3.93. The van der Waals surface area contributed by atoms with Gasteiger partial charge in [0.05, 0.1) is 17.6 Å². The Balaban J connectivity index is 0.000000241. The number of para-hydroxylation sites is 3. The largest absolute Gasteiger partial charge is 0.450 e. The number of nitrogens with zero attached hydrogens (tertiary/aromatic N) is 1. The maximum absolute atomic E-state index is 10.9. The summed E-state index contributed by atoms with van der Waals surface area (Å²) in [6.07, 6.45) is 1.32. The number of hydrogen-bond acceptors (Lipinski definition) is 3. The molecule has 1 amide bonds. The number of aliphatic hydroxyl groups is 1. The van der Waals surface area contributed by atoms with E-state index in [1.165, 1.54) is 10.8 Å². The number of nitrogens with one attached hydrogen (secondary N) is 1. The molecule has 4 aromatic rings. The molecule has 0 saturated carbocycles. The van der Waals surface area contributed by atoms with Gasteiger partial charge in [0.25, 0.3) is 0 Å². The Labute approximate surface area is 206 Å². The van der Waals surface area contributed by atoms with Crippen LogP contribution in [-0.2, 0) is 4.74 Å². The van der Waals surface area contributed by atoms with Crippen LogP contribution >= 0.6 is 0 Å². The number of carbonyl (C=O) groups is 1. The quantitative estimate of drug-likeness (QED) is 0.244. The number of ether oxygens (including phenoxy) is 1. The molecule has 35 heavy (non-hydrogen) atoms. The zero-order valence-electron chi connectivity index (χ0n) is 20.1. The van der Waals surface area contributed by atoms with Gasteiger partial charge in [-0.05, 0) is 62.8 Å². The Morgan fingerprint density at radius 2 is 1.54 bits per heavy atom. The predicted molar refractivity (Wildman–Crippen MR) is 143 cm³/mol. The zero-order chi connectivity index (χ0) is 24.9. The number of unbranched alkanes of at least 4 members (excludes halogenated alkanes) is 1. The summed E-state index contributed by atoms with van der Waals surface area (Å²) < 4.78 is 6.73. The van der Waals surface area contributed by atoms with Crippen molar-refractivity contribution in [1.82, 2.24) is 4.57 Å². The first-order chi connectivity index (χ1) is 17.2. The minimum absolute atomic E-state index is 0.388. The van der Waals surface area contributed by atoms with E-state index in [2.05, 4.69) is 53.3 Å². The molecule has 0 fully saturated rings. The van der Waals surface area contributed by atoms with E-state index in [4.69, 9.17) is 4.74 Å². The van der Waals surface area contributed by atoms with Gasteiger partial charge in [0.1, 0.15) is 6.23 Å². The number of benzene rings is 3. The van der Waals surface area contributed by atoms with Crippen molar-refractivity contribution in [2.45, 2.75) is 39.3 Å². The van der Waals surface area contributed by atoms with Crippen molar-refractivity contribution in [3.63, 3.8) is 0 Å². The summed E-state index contributed by atoms with van der Waals surface area (Å²) in [6, 6.07) is 25.6. The molecule has 3 aromatic carbocycles. The summed E-state index contributed by atoms with van der Waals surface area (Å²) >= 11 is 0. The highest BCUT2D eigenvalue weighted by Crippen LogP contribution is 2.32. The monoisotopic (exact) mass is 466 g/mol. The average molecular weight is 467 g/mol. The van der Waals surface area contributed by atoms with E-state index >= 15 is 0 Å². The number of anilines is 1. The lowest BCUT2D eigenvalue weighted by Gasteiger charge is -2.15. The molecule has 5 nitrogen and oxygen atoms in total. The van der Waals surface area contributed by atoms with Gasteiger partial charge in [-0.1, -0.05) is 66.4 Å². The second-order valence-corrected chi connectivity index (χ2v) is 7.67. The van der Waals surface area contributed by atoms with Crippen molar-refractivity contribution >= 4 is 33.6 Å². The first kappa shape index (κ1) is 25.4. The lowest BCUT2D eigenvalue weighted by Crippen LogP contribution is -2.12. The number of fused-ring (bicyclic) bond motifs is 3. The third kappa shape index (κ3) is 7.14. The van der Waals surface area contributed by atoms with E-state index in [0.717, 1.165) is 29.6 Å². The summed E-state index contributed by atoms with van der Waals surface area (Å²) in [5.74, 6) is 11.3. The molecule has 0 bridgehead atoms. The van der Waals surface area contributed by atoms with Crippen LogP contribution in [0.2, 0.25) is 0 Å². The van der Waals surface area contributed by atoms with Crippen LogP contribution in [0.25, 0.3) is 21.8 Å². The lowest BCUT2D eigenvalue weighted by atomic mass is 10.2. The Morgan fingerprint density at radius 1 is 0.943 bits per heavy atom. The summed E-state index contributed by atoms with van der Waals surface area (Å²) in [5.41, 5.74) is 2.89. The van der Waals surface area contributed by atoms with E-state index in [9.17, 15) is 9.90 Å². The third-order valence-corrected chi connectivity index (χ3v) is 5.25. The highest BCUT2D eigenvalue weighted by molar-refractivity contribution is 6.08. The van der Waals surface area contributed by atoms with Crippen LogP contribution < -0.4 is 5.32 Å². The summed E-state index contributed by atoms with van der Waals surface area (Å²) in [7, 11) is 0. The lowest BCUT2D eigenvalue weighted by molar-refractivity contribution is 0.101. The standard InChI is InChI=1S/C21H19NO.C9H11NO2/c1-2-3-4-5-6-7-16-21(23)22-19-14-10-8-12-17(19)18-13-9-11-15-20(18)22;1-2-12-9(11)10-8-6-4-3-5-7-8/h8-15,21,23H,6-7,16H2,1H3;3-7H,2H2,1H3,(H,10,11). The predicted octanol–water partition coefficient (Wildman–Crippen LogP) is 6.74. The molecule has 178 valence electrons. The number of rotatable bonds is 6. The normalized spacial score (nSPS) is 10.7. The molecule has 0 aliphatic carbocycles. The first-order valence-electron chi connectivity index (χ1n) is 11.7. The Morgan fingerprint density at radius 3 is 2.14 bits per heavy atom. The van der Waals surface area contributed by atoms with Crippen molar-refractivity contribution in [2.75, 3.05) is 11.9 Å². The molecule has 1 aromatic heterocycles. The van der Waals surface area contributed by atoms with Crippen molar-refractivity contribution in [3.05, 3.63) is 78.9 Å². The summed E-state index contributed by atoms with van der Waals surface area (Å²) in [4.78, 5) is 10.9. The van der Waals surface area contributed by atoms with Crippen molar-refractivity contribution in [1.29, 1.82) is 0 Å². The van der Waals surface area contributed by atoms with Gasteiger partial charge in [-0.3, -0.25) is 5.32 Å². The molecule has 0 aliphatic rings. The van der Waals surface area contributed by atoms with E-state index in [-0.39, 0.29) is 0 Å². The third-order valence-electron chi connectivity index (χ3n) is 5.25. The topological polar surface area (TPSA) is 63.5 Å². The van der Waals surface area contributed by atoms with E-state index in [1.807, 2.05) is 47.0 Å². The number of aliphatic hydroxyl groups excluding tert-OH is 1. The number of aromatic nitrogens is 1. The number of carbonyl (C=O) groups excluding carboxylic acids is 1. The first-order valence-corrected chi connectivity index (χ1v) is 11.7. The van der Waals surface area contributed by atoms with Gasteiger partial charge in [-0.15, -0.1) is 0 Å². The SMILES string of the molecule is CC#CC#CCCCC(O)n1c2ccccc2c2ccccc21.CCOC(=O)Nc1ccccc1. The van der Waals surface area contributed by atoms with E-state index < -0.39 is 12.3 Å². The highest BCUT2D eigenvalue weighted by atomic mass is 16.5. The molecule has 0 radical (unpaired) electrons. The molecule has 0 saturated heterocycles. The fourth-order valence-electron chi connectivity index (χ4n) is 3.75. The fourth-order valence-corrected chi connectivity index (χ4v) is 3.75. The molecule has 2 N–H and O–H groups in total. The second kappa shape index (κ2) is 13.5. The molecule has 0 aliphatic heterocycles. The van der Waals surface area contributed by atoms with Gasteiger partial charge in [0, 0.05) is 22.9 Å². The zero-order valence-corrected chi connectivity index (χ0v) is 20.1. The van der Waals surface area contributed by atoms with Gasteiger partial charge in [-0.2, -0.15) is 0 Å². The van der Waals surface area contributed by atoms with Crippen LogP contribution in [0.5, 0.6) is 0 Å². The smallest absolute Gasteiger partial charge is 0.411 e. The fraction of sp³-hybridized carbons (Fsp3) is 0.233. The maximum Gasteiger partial charge on any atom is 0.411 e. The Bertz CT molecular complexity index is 1320. The van der Waals surface area contributed by atoms with Crippen molar-refractivity contribution in [2.24, 2.45) is 0 Å². The van der Waals surface area contributed by atoms with Crippen LogP contribution in [-0.4, -0.2) is 22.4 Å². The Kier molecular flexibility index (Phi) is 9.81. The average Bonchev–Trinajstić information content (AvgIpc) is 3.22. The molecular formula is C30H30N2O3. The molecule has 4 rings (SSSR count). The molecule has 0 spiro atoms. The van der Waals surface area contributed by atoms with Gasteiger partial charge in [-0.25, -0.2) is 4.79 Å². The molecule has 1 heterocycles. The van der Waals surface area contributed by atoms with E-state index in [0.29, 0.717) is 13.0 Å². The highest BCUT2D eigenvalue weighted by Gasteiger charge is 2.15. The molecule has 1 unspecified atom stereocenters. The molecule has 5 heteroatoms. The van der Waals surface area contributed by atoms with Crippen LogP contribution in [0, 0.1) is 23.7 Å². The summed E-state index contributed by atoms with van der Waals surface area (Å²) in [5, 5.41) is 15.6. The number of amides is 1. The van der Waals surface area contributed by atoms with Crippen LogP contribution in [0.15, 0.2) is 78.9 Å². The molecule has 1 atom stereocenters. The molecular weight excluding hydrogens is 436 g/mol. The minimum atomic E-state index is -0.543. The van der Waals surface area contributed by atoms with Crippen molar-refractivity contribution < 1.29 is 14.6 Å². The second-order valence-electron chi connectivity index (χ2n) is 7.67. The van der Waals surface area contributed by atoms with Crippen LogP contribution in [0.1, 0.15) is 39.3 Å². The van der Waals surface area contributed by atoms with Gasteiger partial charge in [0.2, 0.25) is 0 Å². The minimum Gasteiger partial charge on any atom is -0.450 e. The van der Waals surface area contributed by atoms with E-state index in [1.54, 1.807) is 26.0 Å². The van der Waals surface area contributed by atoms with Gasteiger partial charge >= 0.3 is 6.09 Å². The van der Waals surface area contributed by atoms with Gasteiger partial charge in [0.15, 0.2) is 0 Å². The maximum atomic E-state index is 10.9. The van der Waals surface area contributed by atoms with Gasteiger partial charge < -0.3 is 14.4 Å². The van der Waals surface area contributed by atoms with Crippen LogP contribution in [0.4, 0.5) is 10.5 Å². The number of hydrogen-bond donors (Lipinski definition) is 2. The van der Waals surface area contributed by atoms with Crippen molar-refractivity contribution in [3.8, 4) is 23.7 Å².